The van der Waals surface area contributed by atoms with Gasteiger partial charge < -0.3 is 5.73 Å². The molecule has 5 heteroatoms. The molecule has 2 heterocycles. The Morgan fingerprint density at radius 1 is 1.17 bits per heavy atom. The van der Waals surface area contributed by atoms with Gasteiger partial charge >= 0.3 is 0 Å². The third-order valence-electron chi connectivity index (χ3n) is 1.45. The second kappa shape index (κ2) is 2.61. The van der Waals surface area contributed by atoms with Crippen molar-refractivity contribution in [1.82, 2.24) is 20.0 Å². The van der Waals surface area contributed by atoms with E-state index in [1.54, 1.807) is 24.7 Å². The molecule has 2 aromatic rings. The van der Waals surface area contributed by atoms with E-state index in [0.717, 1.165) is 0 Å². The lowest BCUT2D eigenvalue weighted by molar-refractivity contribution is 0.751. The maximum atomic E-state index is 5.60. The standard InChI is InChI=1S/C7H7N5/c8-7-6(2-1-3-9-7)12-10-4-5-11-12/h1-5H,(H2,8,9). The van der Waals surface area contributed by atoms with Crippen LogP contribution in [0.3, 0.4) is 0 Å². The molecule has 0 atom stereocenters. The minimum Gasteiger partial charge on any atom is -0.382 e. The summed E-state index contributed by atoms with van der Waals surface area (Å²) in [7, 11) is 0. The van der Waals surface area contributed by atoms with Crippen LogP contribution in [0.2, 0.25) is 0 Å². The van der Waals surface area contributed by atoms with E-state index < -0.39 is 0 Å². The van der Waals surface area contributed by atoms with Gasteiger partial charge in [0, 0.05) is 6.20 Å². The molecule has 60 valence electrons. The van der Waals surface area contributed by atoms with Gasteiger partial charge in [-0.1, -0.05) is 0 Å². The van der Waals surface area contributed by atoms with Crippen LogP contribution in [-0.4, -0.2) is 20.0 Å². The summed E-state index contributed by atoms with van der Waals surface area (Å²) in [5.41, 5.74) is 6.30. The predicted molar refractivity (Wildman–Crippen MR) is 43.6 cm³/mol. The van der Waals surface area contributed by atoms with Gasteiger partial charge in [0.2, 0.25) is 0 Å². The molecular formula is C7H7N5. The van der Waals surface area contributed by atoms with Gasteiger partial charge in [-0.05, 0) is 12.1 Å². The van der Waals surface area contributed by atoms with Crippen molar-refractivity contribution in [1.29, 1.82) is 0 Å². The molecule has 0 amide bonds. The van der Waals surface area contributed by atoms with Crippen LogP contribution in [0.4, 0.5) is 5.82 Å². The number of nitrogens with zero attached hydrogens (tertiary/aromatic N) is 4. The molecule has 2 N–H and O–H groups in total. The SMILES string of the molecule is Nc1ncccc1-n1nccn1. The van der Waals surface area contributed by atoms with Crippen LogP contribution < -0.4 is 5.73 Å². The molecule has 0 saturated carbocycles. The highest BCUT2D eigenvalue weighted by Gasteiger charge is 2.01. The summed E-state index contributed by atoms with van der Waals surface area (Å²) < 4.78 is 0. The number of hydrogen-bond donors (Lipinski definition) is 1. The summed E-state index contributed by atoms with van der Waals surface area (Å²) in [5, 5.41) is 7.87. The Morgan fingerprint density at radius 3 is 2.58 bits per heavy atom. The van der Waals surface area contributed by atoms with Crippen LogP contribution in [0.15, 0.2) is 30.7 Å². The lowest BCUT2D eigenvalue weighted by Crippen LogP contribution is -2.03. The van der Waals surface area contributed by atoms with Crippen molar-refractivity contribution in [3.8, 4) is 5.69 Å². The van der Waals surface area contributed by atoms with E-state index in [-0.39, 0.29) is 0 Å². The Morgan fingerprint density at radius 2 is 1.92 bits per heavy atom. The molecule has 0 aliphatic rings. The summed E-state index contributed by atoms with van der Waals surface area (Å²) in [4.78, 5) is 5.34. The second-order valence-corrected chi connectivity index (χ2v) is 2.23. The first-order valence-electron chi connectivity index (χ1n) is 3.45. The van der Waals surface area contributed by atoms with Crippen molar-refractivity contribution in [2.24, 2.45) is 0 Å². The minimum atomic E-state index is 0.425. The quantitative estimate of drug-likeness (QED) is 0.650. The van der Waals surface area contributed by atoms with Crippen molar-refractivity contribution in [3.05, 3.63) is 30.7 Å². The molecule has 0 bridgehead atoms. The van der Waals surface area contributed by atoms with Crippen LogP contribution in [0.25, 0.3) is 5.69 Å². The fourth-order valence-corrected chi connectivity index (χ4v) is 0.918. The zero-order valence-electron chi connectivity index (χ0n) is 6.25. The van der Waals surface area contributed by atoms with E-state index in [0.29, 0.717) is 11.5 Å². The van der Waals surface area contributed by atoms with Gasteiger partial charge in [-0.3, -0.25) is 0 Å². The zero-order valence-corrected chi connectivity index (χ0v) is 6.25. The second-order valence-electron chi connectivity index (χ2n) is 2.23. The van der Waals surface area contributed by atoms with Crippen LogP contribution in [-0.2, 0) is 0 Å². The molecule has 12 heavy (non-hydrogen) atoms. The molecule has 0 aliphatic carbocycles. The van der Waals surface area contributed by atoms with Gasteiger partial charge in [0.05, 0.1) is 12.4 Å². The number of aromatic nitrogens is 4. The normalized spacial score (nSPS) is 10.0. The summed E-state index contributed by atoms with van der Waals surface area (Å²) in [6, 6.07) is 3.59. The molecule has 2 rings (SSSR count). The molecule has 5 nitrogen and oxygen atoms in total. The fraction of sp³-hybridized carbons (Fsp3) is 0. The lowest BCUT2D eigenvalue weighted by Gasteiger charge is -2.00. The smallest absolute Gasteiger partial charge is 0.151 e. The Labute approximate surface area is 68.8 Å². The van der Waals surface area contributed by atoms with Gasteiger partial charge in [-0.2, -0.15) is 10.2 Å². The number of nitrogen functional groups attached to an aromatic ring is 1. The average molecular weight is 161 g/mol. The highest BCUT2D eigenvalue weighted by Crippen LogP contribution is 2.09. The molecule has 0 fully saturated rings. The number of hydrogen-bond acceptors (Lipinski definition) is 4. The van der Waals surface area contributed by atoms with Gasteiger partial charge in [0.25, 0.3) is 0 Å². The van der Waals surface area contributed by atoms with E-state index in [4.69, 9.17) is 5.73 Å². The molecule has 2 aromatic heterocycles. The summed E-state index contributed by atoms with van der Waals surface area (Å²) in [6.45, 7) is 0. The van der Waals surface area contributed by atoms with E-state index in [9.17, 15) is 0 Å². The first kappa shape index (κ1) is 6.78. The Hall–Kier alpha value is -1.91. The van der Waals surface area contributed by atoms with Crippen molar-refractivity contribution in [2.45, 2.75) is 0 Å². The van der Waals surface area contributed by atoms with Crippen LogP contribution in [0, 0.1) is 0 Å². The summed E-state index contributed by atoms with van der Waals surface area (Å²) in [6.07, 6.45) is 4.81. The third-order valence-corrected chi connectivity index (χ3v) is 1.45. The first-order chi connectivity index (χ1) is 5.88. The molecule has 0 radical (unpaired) electrons. The van der Waals surface area contributed by atoms with E-state index in [1.165, 1.54) is 4.80 Å². The maximum absolute atomic E-state index is 5.60. The largest absolute Gasteiger partial charge is 0.382 e. The first-order valence-corrected chi connectivity index (χ1v) is 3.45. The van der Waals surface area contributed by atoms with Gasteiger partial charge in [0.15, 0.2) is 5.82 Å². The number of anilines is 1. The molecule has 0 aliphatic heterocycles. The van der Waals surface area contributed by atoms with Crippen molar-refractivity contribution in [3.63, 3.8) is 0 Å². The predicted octanol–water partition coefficient (Wildman–Crippen LogP) is 0.244. The Kier molecular flexibility index (Phi) is 1.48. The van der Waals surface area contributed by atoms with Crippen LogP contribution >= 0.6 is 0 Å². The van der Waals surface area contributed by atoms with E-state index in [1.807, 2.05) is 6.07 Å². The maximum Gasteiger partial charge on any atom is 0.151 e. The van der Waals surface area contributed by atoms with Gasteiger partial charge in [-0.15, -0.1) is 4.80 Å². The summed E-state index contributed by atoms with van der Waals surface area (Å²) >= 11 is 0. The lowest BCUT2D eigenvalue weighted by atomic mass is 10.4. The molecular weight excluding hydrogens is 154 g/mol. The topological polar surface area (TPSA) is 69.6 Å². The monoisotopic (exact) mass is 161 g/mol. The van der Waals surface area contributed by atoms with Crippen LogP contribution in [0.5, 0.6) is 0 Å². The highest BCUT2D eigenvalue weighted by molar-refractivity contribution is 5.49. The molecule has 0 unspecified atom stereocenters. The highest BCUT2D eigenvalue weighted by atomic mass is 15.5. The molecule has 0 spiro atoms. The number of nitrogens with two attached hydrogens (primary N) is 1. The van der Waals surface area contributed by atoms with E-state index in [2.05, 4.69) is 15.2 Å². The number of rotatable bonds is 1. The van der Waals surface area contributed by atoms with Crippen molar-refractivity contribution in [2.75, 3.05) is 5.73 Å². The third kappa shape index (κ3) is 1.01. The Bertz CT molecular complexity index is 367. The van der Waals surface area contributed by atoms with Gasteiger partial charge in [-0.25, -0.2) is 4.98 Å². The molecule has 0 aromatic carbocycles. The minimum absolute atomic E-state index is 0.425. The number of pyridine rings is 1. The average Bonchev–Trinajstić information content (AvgIpc) is 2.57. The molecule has 0 saturated heterocycles. The van der Waals surface area contributed by atoms with Crippen molar-refractivity contribution < 1.29 is 0 Å². The fourth-order valence-electron chi connectivity index (χ4n) is 0.918. The van der Waals surface area contributed by atoms with Gasteiger partial charge in [0.1, 0.15) is 5.69 Å². The summed E-state index contributed by atoms with van der Waals surface area (Å²) in [5.74, 6) is 0.425. The van der Waals surface area contributed by atoms with E-state index >= 15 is 0 Å². The van der Waals surface area contributed by atoms with Crippen molar-refractivity contribution >= 4 is 5.82 Å². The van der Waals surface area contributed by atoms with Crippen LogP contribution in [0.1, 0.15) is 0 Å². The Balaban J connectivity index is 2.55. The zero-order chi connectivity index (χ0) is 8.39.